The van der Waals surface area contributed by atoms with E-state index < -0.39 is 5.60 Å². The maximum atomic E-state index is 11.4. The van der Waals surface area contributed by atoms with Crippen molar-refractivity contribution in [3.8, 4) is 0 Å². The van der Waals surface area contributed by atoms with E-state index >= 15 is 0 Å². The van der Waals surface area contributed by atoms with Crippen LogP contribution in [0.25, 0.3) is 0 Å². The number of hydrogen-bond acceptors (Lipinski definition) is 2. The summed E-state index contributed by atoms with van der Waals surface area (Å²) in [6.07, 6.45) is 12.0. The predicted molar refractivity (Wildman–Crippen MR) is 76.9 cm³/mol. The van der Waals surface area contributed by atoms with Crippen molar-refractivity contribution in [2.75, 3.05) is 0 Å². The van der Waals surface area contributed by atoms with E-state index in [9.17, 15) is 5.11 Å². The largest absolute Gasteiger partial charge is 0.385 e. The zero-order valence-corrected chi connectivity index (χ0v) is 12.2. The van der Waals surface area contributed by atoms with Crippen LogP contribution in [0, 0.1) is 5.92 Å². The molecule has 106 valence electrons. The van der Waals surface area contributed by atoms with Crippen LogP contribution in [0.3, 0.4) is 0 Å². The highest BCUT2D eigenvalue weighted by Crippen LogP contribution is 2.50. The summed E-state index contributed by atoms with van der Waals surface area (Å²) in [7, 11) is 0. The van der Waals surface area contributed by atoms with Gasteiger partial charge in [-0.1, -0.05) is 31.6 Å². The first kappa shape index (κ1) is 13.4. The van der Waals surface area contributed by atoms with Crippen LogP contribution in [0.15, 0.2) is 23.3 Å². The zero-order chi connectivity index (χ0) is 13.5. The van der Waals surface area contributed by atoms with Crippen LogP contribution in [-0.4, -0.2) is 22.9 Å². The first-order chi connectivity index (χ1) is 9.19. The fourth-order valence-electron chi connectivity index (χ4n) is 4.35. The molecule has 0 aromatic heterocycles. The topological polar surface area (TPSA) is 29.5 Å². The van der Waals surface area contributed by atoms with Gasteiger partial charge >= 0.3 is 0 Å². The van der Waals surface area contributed by atoms with Gasteiger partial charge in [-0.05, 0) is 44.1 Å². The first-order valence-electron chi connectivity index (χ1n) is 7.93. The van der Waals surface area contributed by atoms with Gasteiger partial charge in [0.1, 0.15) is 0 Å². The Morgan fingerprint density at radius 2 is 2.05 bits per heavy atom. The van der Waals surface area contributed by atoms with Crippen molar-refractivity contribution in [3.63, 3.8) is 0 Å². The van der Waals surface area contributed by atoms with Gasteiger partial charge in [0.05, 0.1) is 17.8 Å². The second-order valence-electron chi connectivity index (χ2n) is 6.35. The summed E-state index contributed by atoms with van der Waals surface area (Å²) < 4.78 is 6.20. The third-order valence-corrected chi connectivity index (χ3v) is 5.39. The Labute approximate surface area is 116 Å². The minimum Gasteiger partial charge on any atom is -0.385 e. The number of aliphatic hydroxyl groups is 1. The maximum Gasteiger partial charge on any atom is 0.0940 e. The summed E-state index contributed by atoms with van der Waals surface area (Å²) in [5.74, 6) is 0.311. The monoisotopic (exact) mass is 262 g/mol. The van der Waals surface area contributed by atoms with Crippen molar-refractivity contribution in [1.82, 2.24) is 0 Å². The Hall–Kier alpha value is -0.600. The lowest BCUT2D eigenvalue weighted by atomic mass is 9.63. The summed E-state index contributed by atoms with van der Waals surface area (Å²) in [6.45, 7) is 4.35. The summed E-state index contributed by atoms with van der Waals surface area (Å²) in [6, 6.07) is 0. The van der Waals surface area contributed by atoms with E-state index in [-0.39, 0.29) is 12.2 Å². The van der Waals surface area contributed by atoms with Crippen molar-refractivity contribution >= 4 is 0 Å². The lowest BCUT2D eigenvalue weighted by molar-refractivity contribution is -0.178. The third-order valence-electron chi connectivity index (χ3n) is 5.39. The van der Waals surface area contributed by atoms with Crippen molar-refractivity contribution in [1.29, 1.82) is 0 Å². The predicted octanol–water partition coefficient (Wildman–Crippen LogP) is 3.75. The molecule has 2 heteroatoms. The molecule has 3 rings (SSSR count). The van der Waals surface area contributed by atoms with E-state index in [0.29, 0.717) is 5.92 Å². The summed E-state index contributed by atoms with van der Waals surface area (Å²) in [4.78, 5) is 0. The first-order valence-corrected chi connectivity index (χ1v) is 7.93. The Morgan fingerprint density at radius 3 is 2.79 bits per heavy atom. The molecular weight excluding hydrogens is 236 g/mol. The molecule has 0 aromatic rings. The van der Waals surface area contributed by atoms with Crippen LogP contribution >= 0.6 is 0 Å². The van der Waals surface area contributed by atoms with Gasteiger partial charge in [0, 0.05) is 12.3 Å². The molecule has 1 aliphatic heterocycles. The van der Waals surface area contributed by atoms with Gasteiger partial charge in [-0.2, -0.15) is 0 Å². The van der Waals surface area contributed by atoms with Gasteiger partial charge in [-0.25, -0.2) is 0 Å². The van der Waals surface area contributed by atoms with Gasteiger partial charge in [-0.3, -0.25) is 0 Å². The highest BCUT2D eigenvalue weighted by atomic mass is 16.5. The van der Waals surface area contributed by atoms with Gasteiger partial charge in [0.15, 0.2) is 0 Å². The molecule has 0 spiro atoms. The van der Waals surface area contributed by atoms with Crippen molar-refractivity contribution in [3.05, 3.63) is 23.3 Å². The minimum atomic E-state index is -0.585. The van der Waals surface area contributed by atoms with E-state index in [2.05, 4.69) is 26.0 Å². The maximum absolute atomic E-state index is 11.4. The van der Waals surface area contributed by atoms with Crippen molar-refractivity contribution in [2.45, 2.75) is 76.6 Å². The fourth-order valence-corrected chi connectivity index (χ4v) is 4.35. The number of hydrogen-bond donors (Lipinski definition) is 1. The summed E-state index contributed by atoms with van der Waals surface area (Å²) in [5, 5.41) is 11.4. The van der Waals surface area contributed by atoms with Crippen LogP contribution in [-0.2, 0) is 4.74 Å². The van der Waals surface area contributed by atoms with Crippen LogP contribution in [0.2, 0.25) is 0 Å². The Morgan fingerprint density at radius 1 is 1.26 bits per heavy atom. The van der Waals surface area contributed by atoms with E-state index in [0.717, 1.165) is 44.9 Å². The fraction of sp³-hybridized carbons (Fsp3) is 0.765. The quantitative estimate of drug-likeness (QED) is 0.768. The molecule has 0 unspecified atom stereocenters. The molecule has 1 fully saturated rings. The second-order valence-corrected chi connectivity index (χ2v) is 6.35. The van der Waals surface area contributed by atoms with Crippen molar-refractivity contribution in [2.24, 2.45) is 5.92 Å². The lowest BCUT2D eigenvalue weighted by Gasteiger charge is -2.52. The number of rotatable bonds is 2. The molecule has 3 aliphatic rings. The molecule has 2 aliphatic carbocycles. The SMILES string of the molecule is CC[C@@H]1C[C@]2(O)C3=C(CC=CC3)CC[C@H]2[C@H](CC)O1. The molecule has 0 saturated carbocycles. The number of allylic oxidation sites excluding steroid dienone is 3. The number of ether oxygens (including phenoxy) is 1. The molecule has 1 heterocycles. The van der Waals surface area contributed by atoms with Gasteiger partial charge in [-0.15, -0.1) is 0 Å². The molecule has 2 nitrogen and oxygen atoms in total. The normalized spacial score (nSPS) is 41.9. The molecule has 0 aromatic carbocycles. The molecule has 1 saturated heterocycles. The van der Waals surface area contributed by atoms with Crippen LogP contribution in [0.1, 0.15) is 58.8 Å². The molecule has 1 N–H and O–H groups in total. The highest BCUT2D eigenvalue weighted by Gasteiger charge is 2.51. The summed E-state index contributed by atoms with van der Waals surface area (Å²) in [5.41, 5.74) is 2.26. The third kappa shape index (κ3) is 2.09. The Kier molecular flexibility index (Phi) is 3.57. The van der Waals surface area contributed by atoms with Gasteiger partial charge < -0.3 is 9.84 Å². The number of fused-ring (bicyclic) bond motifs is 2. The van der Waals surface area contributed by atoms with Crippen LogP contribution in [0.4, 0.5) is 0 Å². The van der Waals surface area contributed by atoms with E-state index in [1.54, 1.807) is 0 Å². The Bertz CT molecular complexity index is 409. The highest BCUT2D eigenvalue weighted by molar-refractivity contribution is 5.36. The average molecular weight is 262 g/mol. The average Bonchev–Trinajstić information content (AvgIpc) is 2.45. The van der Waals surface area contributed by atoms with Crippen molar-refractivity contribution < 1.29 is 9.84 Å². The molecule has 4 atom stereocenters. The zero-order valence-electron chi connectivity index (χ0n) is 12.2. The summed E-state index contributed by atoms with van der Waals surface area (Å²) >= 11 is 0. The Balaban J connectivity index is 1.96. The van der Waals surface area contributed by atoms with E-state index in [4.69, 9.17) is 4.74 Å². The van der Waals surface area contributed by atoms with Gasteiger partial charge in [0.25, 0.3) is 0 Å². The molecule has 19 heavy (non-hydrogen) atoms. The minimum absolute atomic E-state index is 0.226. The van der Waals surface area contributed by atoms with Gasteiger partial charge in [0.2, 0.25) is 0 Å². The standard InChI is InChI=1S/C17H26O2/c1-3-13-11-17(18)14-8-6-5-7-12(14)9-10-15(17)16(4-2)19-13/h5-6,13,15-16,18H,3-4,7-11H2,1-2H3/t13-,15+,16+,17+/m1/s1. The molecule has 0 radical (unpaired) electrons. The van der Waals surface area contributed by atoms with Crippen LogP contribution in [0.5, 0.6) is 0 Å². The molecular formula is C17H26O2. The molecule has 0 bridgehead atoms. The second kappa shape index (κ2) is 5.06. The van der Waals surface area contributed by atoms with E-state index in [1.165, 1.54) is 11.1 Å². The van der Waals surface area contributed by atoms with E-state index in [1.807, 2.05) is 0 Å². The lowest BCUT2D eigenvalue weighted by Crippen LogP contribution is -2.56. The smallest absolute Gasteiger partial charge is 0.0940 e. The molecule has 0 amide bonds. The van der Waals surface area contributed by atoms with Crippen LogP contribution < -0.4 is 0 Å².